The van der Waals surface area contributed by atoms with Crippen LogP contribution in [-0.2, 0) is 4.79 Å². The van der Waals surface area contributed by atoms with Crippen LogP contribution in [0.5, 0.6) is 0 Å². The van der Waals surface area contributed by atoms with Crippen molar-refractivity contribution in [3.63, 3.8) is 0 Å². The maximum atomic E-state index is 13.0. The van der Waals surface area contributed by atoms with Crippen LogP contribution in [-0.4, -0.2) is 35.9 Å². The van der Waals surface area contributed by atoms with E-state index in [-0.39, 0.29) is 17.4 Å². The minimum Gasteiger partial charge on any atom is -0.325 e. The minimum absolute atomic E-state index is 0.189. The number of aromatic amines is 1. The molecular weight excluding hydrogens is 388 g/mol. The topological polar surface area (TPSA) is 106 Å². The molecule has 1 amide bonds. The number of thioether (sulfide) groups is 1. The van der Waals surface area contributed by atoms with Gasteiger partial charge in [-0.05, 0) is 38.1 Å². The second kappa shape index (κ2) is 7.88. The number of fused-ring (bicyclic) bond motifs is 1. The summed E-state index contributed by atoms with van der Waals surface area (Å²) in [5.74, 6) is 0.0623. The first-order valence-corrected chi connectivity index (χ1v) is 9.82. The maximum absolute atomic E-state index is 13.0. The van der Waals surface area contributed by atoms with Crippen molar-refractivity contribution in [3.8, 4) is 5.95 Å². The smallest absolute Gasteiger partial charge is 0.269 e. The average Bonchev–Trinajstić information content (AvgIpc) is 3.24. The number of rotatable bonds is 5. The molecule has 4 rings (SSSR count). The molecule has 0 aliphatic carbocycles. The minimum atomic E-state index is -0.501. The van der Waals surface area contributed by atoms with Gasteiger partial charge in [-0.3, -0.25) is 9.59 Å². The molecule has 4 aromatic rings. The summed E-state index contributed by atoms with van der Waals surface area (Å²) in [5, 5.41) is 9.73. The summed E-state index contributed by atoms with van der Waals surface area (Å²) in [6.45, 7) is 3.75. The first-order valence-electron chi connectivity index (χ1n) is 8.94. The Balaban J connectivity index is 1.67. The molecule has 0 aliphatic rings. The summed E-state index contributed by atoms with van der Waals surface area (Å²) < 4.78 is 1.34. The molecule has 0 saturated heterocycles. The number of para-hydroxylation sites is 1. The van der Waals surface area contributed by atoms with E-state index in [4.69, 9.17) is 0 Å². The molecule has 0 spiro atoms. The highest BCUT2D eigenvalue weighted by atomic mass is 32.2. The van der Waals surface area contributed by atoms with Gasteiger partial charge in [0.2, 0.25) is 11.9 Å². The van der Waals surface area contributed by atoms with Gasteiger partial charge in [-0.2, -0.15) is 10.1 Å². The molecule has 9 heteroatoms. The zero-order valence-electron chi connectivity index (χ0n) is 15.8. The molecule has 8 nitrogen and oxygen atoms in total. The fraction of sp³-hybridized carbons (Fsp3) is 0.150. The Morgan fingerprint density at radius 1 is 1.17 bits per heavy atom. The van der Waals surface area contributed by atoms with Crippen molar-refractivity contribution >= 4 is 34.3 Å². The van der Waals surface area contributed by atoms with Crippen LogP contribution in [0.3, 0.4) is 0 Å². The second-order valence-electron chi connectivity index (χ2n) is 6.48. The summed E-state index contributed by atoms with van der Waals surface area (Å²) in [4.78, 5) is 34.4. The predicted molar refractivity (Wildman–Crippen MR) is 112 cm³/mol. The number of hydrogen-bond donors (Lipinski definition) is 2. The largest absolute Gasteiger partial charge is 0.325 e. The van der Waals surface area contributed by atoms with Crippen LogP contribution in [0.4, 0.5) is 5.69 Å². The first kappa shape index (κ1) is 18.9. The number of hydrogen-bond acceptors (Lipinski definition) is 6. The monoisotopic (exact) mass is 406 g/mol. The van der Waals surface area contributed by atoms with Crippen LogP contribution in [0.25, 0.3) is 16.9 Å². The molecule has 2 aromatic carbocycles. The molecule has 0 radical (unpaired) electrons. The third-order valence-corrected chi connectivity index (χ3v) is 5.38. The second-order valence-corrected chi connectivity index (χ2v) is 7.78. The van der Waals surface area contributed by atoms with E-state index in [1.165, 1.54) is 22.7 Å². The number of anilines is 1. The van der Waals surface area contributed by atoms with Crippen LogP contribution in [0.1, 0.15) is 12.5 Å². The lowest BCUT2D eigenvalue weighted by Crippen LogP contribution is -2.26. The number of nitrogens with one attached hydrogen (secondary N) is 2. The van der Waals surface area contributed by atoms with Gasteiger partial charge < -0.3 is 5.32 Å². The van der Waals surface area contributed by atoms with Crippen LogP contribution < -0.4 is 10.9 Å². The summed E-state index contributed by atoms with van der Waals surface area (Å²) in [5.41, 5.74) is 2.11. The number of H-pyrrole nitrogens is 1. The standard InChI is InChI=1S/C20H18N6O2S/c1-12-7-9-14(10-8-12)23-17(27)13(2)29-20-24-16-6-4-3-5-15(16)18(28)26(20)19-21-11-22-25-19/h3-11,13H,1-2H3,(H,23,27)(H,21,22,25)/t13-/m0/s1. The summed E-state index contributed by atoms with van der Waals surface area (Å²) in [6, 6.07) is 14.6. The zero-order valence-corrected chi connectivity index (χ0v) is 16.6. The van der Waals surface area contributed by atoms with E-state index < -0.39 is 5.25 Å². The van der Waals surface area contributed by atoms with Crippen molar-refractivity contribution in [3.05, 3.63) is 70.8 Å². The van der Waals surface area contributed by atoms with Gasteiger partial charge in [0.25, 0.3) is 5.56 Å². The number of nitrogens with zero attached hydrogens (tertiary/aromatic N) is 4. The fourth-order valence-corrected chi connectivity index (χ4v) is 3.69. The molecule has 1 atom stereocenters. The zero-order chi connectivity index (χ0) is 20.4. The lowest BCUT2D eigenvalue weighted by atomic mass is 10.2. The molecule has 2 aromatic heterocycles. The lowest BCUT2D eigenvalue weighted by molar-refractivity contribution is -0.115. The molecule has 0 fully saturated rings. The van der Waals surface area contributed by atoms with E-state index >= 15 is 0 Å². The van der Waals surface area contributed by atoms with E-state index in [1.54, 1.807) is 25.1 Å². The van der Waals surface area contributed by atoms with Crippen LogP contribution in [0.2, 0.25) is 0 Å². The first-order chi connectivity index (χ1) is 14.0. The van der Waals surface area contributed by atoms with Gasteiger partial charge in [-0.1, -0.05) is 41.6 Å². The van der Waals surface area contributed by atoms with E-state index in [0.29, 0.717) is 21.7 Å². The summed E-state index contributed by atoms with van der Waals surface area (Å²) >= 11 is 1.18. The summed E-state index contributed by atoms with van der Waals surface area (Å²) in [7, 11) is 0. The molecule has 0 aliphatic heterocycles. The molecule has 2 heterocycles. The highest BCUT2D eigenvalue weighted by molar-refractivity contribution is 8.00. The summed E-state index contributed by atoms with van der Waals surface area (Å²) in [6.07, 6.45) is 1.32. The van der Waals surface area contributed by atoms with Crippen LogP contribution in [0.15, 0.2) is 64.8 Å². The quantitative estimate of drug-likeness (QED) is 0.390. The van der Waals surface area contributed by atoms with Gasteiger partial charge in [-0.15, -0.1) is 0 Å². The van der Waals surface area contributed by atoms with Crippen molar-refractivity contribution in [1.29, 1.82) is 0 Å². The number of carbonyl (C=O) groups is 1. The molecule has 29 heavy (non-hydrogen) atoms. The number of carbonyl (C=O) groups excluding carboxylic acids is 1. The van der Waals surface area contributed by atoms with Crippen molar-refractivity contribution < 1.29 is 4.79 Å². The molecule has 146 valence electrons. The Bertz CT molecular complexity index is 1220. The molecule has 2 N–H and O–H groups in total. The van der Waals surface area contributed by atoms with Gasteiger partial charge in [0.1, 0.15) is 6.33 Å². The van der Waals surface area contributed by atoms with Crippen molar-refractivity contribution in [2.24, 2.45) is 0 Å². The number of benzene rings is 2. The Morgan fingerprint density at radius 2 is 1.93 bits per heavy atom. The maximum Gasteiger partial charge on any atom is 0.269 e. The SMILES string of the molecule is Cc1ccc(NC(=O)[C@H](C)Sc2nc3ccccc3c(=O)n2-c2ncn[nH]2)cc1. The van der Waals surface area contributed by atoms with Crippen LogP contribution >= 0.6 is 11.8 Å². The number of aryl methyl sites for hydroxylation is 1. The molecule has 0 unspecified atom stereocenters. The van der Waals surface area contributed by atoms with Crippen molar-refractivity contribution in [1.82, 2.24) is 24.7 Å². The Hall–Kier alpha value is -3.46. The van der Waals surface area contributed by atoms with Crippen molar-refractivity contribution in [2.45, 2.75) is 24.3 Å². The van der Waals surface area contributed by atoms with Gasteiger partial charge in [0.15, 0.2) is 5.16 Å². The molecular formula is C20H18N6O2S. The Kier molecular flexibility index (Phi) is 5.13. The highest BCUT2D eigenvalue weighted by Gasteiger charge is 2.21. The third-order valence-electron chi connectivity index (χ3n) is 4.33. The lowest BCUT2D eigenvalue weighted by Gasteiger charge is -2.15. The fourth-order valence-electron chi connectivity index (χ4n) is 2.78. The van der Waals surface area contributed by atoms with Gasteiger partial charge in [0.05, 0.1) is 16.2 Å². The molecule has 0 bridgehead atoms. The van der Waals surface area contributed by atoms with E-state index in [9.17, 15) is 9.59 Å². The van der Waals surface area contributed by atoms with E-state index in [1.807, 2.05) is 37.3 Å². The molecule has 0 saturated carbocycles. The third kappa shape index (κ3) is 3.90. The Morgan fingerprint density at radius 3 is 2.66 bits per heavy atom. The van der Waals surface area contributed by atoms with Crippen LogP contribution in [0, 0.1) is 6.92 Å². The number of amides is 1. The van der Waals surface area contributed by atoms with Crippen molar-refractivity contribution in [2.75, 3.05) is 5.32 Å². The predicted octanol–water partition coefficient (Wildman–Crippen LogP) is 2.93. The van der Waals surface area contributed by atoms with Gasteiger partial charge >= 0.3 is 0 Å². The van der Waals surface area contributed by atoms with E-state index in [2.05, 4.69) is 25.5 Å². The highest BCUT2D eigenvalue weighted by Crippen LogP contribution is 2.25. The normalized spacial score (nSPS) is 12.1. The number of aromatic nitrogens is 5. The Labute approximate surface area is 170 Å². The van der Waals surface area contributed by atoms with E-state index in [0.717, 1.165) is 5.56 Å². The van der Waals surface area contributed by atoms with Gasteiger partial charge in [0, 0.05) is 5.69 Å². The van der Waals surface area contributed by atoms with Gasteiger partial charge in [-0.25, -0.2) is 14.6 Å². The average molecular weight is 406 g/mol.